The van der Waals surface area contributed by atoms with Gasteiger partial charge in [-0.15, -0.1) is 0 Å². The molecule has 0 radical (unpaired) electrons. The first-order valence-electron chi connectivity index (χ1n) is 12.6. The highest BCUT2D eigenvalue weighted by Gasteiger charge is 2.29. The molecule has 3 rings (SSSR count). The van der Waals surface area contributed by atoms with Gasteiger partial charge in [0, 0.05) is 13.1 Å². The van der Waals surface area contributed by atoms with E-state index in [0.717, 1.165) is 22.5 Å². The molecule has 1 unspecified atom stereocenters. The van der Waals surface area contributed by atoms with E-state index in [0.29, 0.717) is 30.2 Å². The Balaban J connectivity index is 1.80. The van der Waals surface area contributed by atoms with Crippen LogP contribution in [0.15, 0.2) is 84.9 Å². The summed E-state index contributed by atoms with van der Waals surface area (Å²) in [5, 5.41) is 2.83. The Hall–Kier alpha value is -3.85. The van der Waals surface area contributed by atoms with Crippen LogP contribution in [0.1, 0.15) is 25.8 Å². The molecule has 38 heavy (non-hydrogen) atoms. The molecule has 2 amide bonds. The second-order valence-electron chi connectivity index (χ2n) is 8.97. The van der Waals surface area contributed by atoms with Crippen LogP contribution in [0.25, 0.3) is 0 Å². The molecule has 1 atom stereocenters. The zero-order chi connectivity index (χ0) is 27.5. The number of amides is 2. The maximum absolute atomic E-state index is 13.5. The molecule has 0 spiro atoms. The minimum absolute atomic E-state index is 0.269. The van der Waals surface area contributed by atoms with Crippen molar-refractivity contribution < 1.29 is 22.7 Å². The van der Waals surface area contributed by atoms with Crippen molar-refractivity contribution in [3.8, 4) is 11.5 Å². The monoisotopic (exact) mass is 537 g/mol. The highest BCUT2D eigenvalue weighted by Crippen LogP contribution is 2.25. The van der Waals surface area contributed by atoms with Gasteiger partial charge in [0.25, 0.3) is 0 Å². The highest BCUT2D eigenvalue weighted by molar-refractivity contribution is 7.92. The Bertz CT molecular complexity index is 1280. The number of rotatable bonds is 13. The maximum Gasteiger partial charge on any atom is 0.244 e. The average molecular weight is 538 g/mol. The summed E-state index contributed by atoms with van der Waals surface area (Å²) in [5.41, 5.74) is 1.34. The van der Waals surface area contributed by atoms with Crippen molar-refractivity contribution in [3.05, 3.63) is 90.5 Å². The van der Waals surface area contributed by atoms with Crippen molar-refractivity contribution in [3.63, 3.8) is 0 Å². The first kappa shape index (κ1) is 28.7. The number of benzene rings is 3. The van der Waals surface area contributed by atoms with Crippen LogP contribution in [0.2, 0.25) is 0 Å². The number of hydrogen-bond donors (Lipinski definition) is 1. The van der Waals surface area contributed by atoms with E-state index in [-0.39, 0.29) is 12.5 Å². The van der Waals surface area contributed by atoms with Crippen LogP contribution in [0.3, 0.4) is 0 Å². The fourth-order valence-corrected chi connectivity index (χ4v) is 4.73. The zero-order valence-electron chi connectivity index (χ0n) is 22.0. The maximum atomic E-state index is 13.5. The summed E-state index contributed by atoms with van der Waals surface area (Å²) in [7, 11) is -3.80. The summed E-state index contributed by atoms with van der Waals surface area (Å²) in [6.07, 6.45) is 2.35. The van der Waals surface area contributed by atoms with Crippen LogP contribution in [-0.2, 0) is 26.0 Å². The second-order valence-corrected chi connectivity index (χ2v) is 10.9. The number of hydrogen-bond acceptors (Lipinski definition) is 5. The summed E-state index contributed by atoms with van der Waals surface area (Å²) in [5.74, 6) is 0.446. The Morgan fingerprint density at radius 3 is 2.05 bits per heavy atom. The molecule has 3 aromatic rings. The Kier molecular flexibility index (Phi) is 10.3. The molecule has 0 saturated carbocycles. The van der Waals surface area contributed by atoms with Crippen molar-refractivity contribution >= 4 is 27.5 Å². The quantitative estimate of drug-likeness (QED) is 0.352. The molecule has 0 saturated heterocycles. The van der Waals surface area contributed by atoms with Crippen molar-refractivity contribution in [1.29, 1.82) is 0 Å². The van der Waals surface area contributed by atoms with Crippen LogP contribution in [-0.4, -0.2) is 57.1 Å². The van der Waals surface area contributed by atoms with Gasteiger partial charge in [0.15, 0.2) is 0 Å². The smallest absolute Gasteiger partial charge is 0.244 e. The topological polar surface area (TPSA) is 96.0 Å². The van der Waals surface area contributed by atoms with Crippen molar-refractivity contribution in [2.24, 2.45) is 0 Å². The number of para-hydroxylation sites is 1. The van der Waals surface area contributed by atoms with Gasteiger partial charge < -0.3 is 15.0 Å². The Labute approximate surface area is 225 Å². The van der Waals surface area contributed by atoms with Gasteiger partial charge in [-0.3, -0.25) is 13.9 Å². The average Bonchev–Trinajstić information content (AvgIpc) is 2.91. The fourth-order valence-electron chi connectivity index (χ4n) is 3.88. The van der Waals surface area contributed by atoms with Crippen LogP contribution in [0, 0.1) is 0 Å². The number of anilines is 1. The lowest BCUT2D eigenvalue weighted by Gasteiger charge is -2.31. The molecule has 0 aromatic heterocycles. The van der Waals surface area contributed by atoms with Gasteiger partial charge in [0.2, 0.25) is 21.8 Å². The predicted molar refractivity (Wildman–Crippen MR) is 150 cm³/mol. The Morgan fingerprint density at radius 2 is 1.47 bits per heavy atom. The molecule has 3 aromatic carbocycles. The van der Waals surface area contributed by atoms with Gasteiger partial charge in [-0.25, -0.2) is 8.42 Å². The lowest BCUT2D eigenvalue weighted by molar-refractivity contribution is -0.138. The van der Waals surface area contributed by atoms with Gasteiger partial charge in [0.05, 0.1) is 11.9 Å². The van der Waals surface area contributed by atoms with E-state index >= 15 is 0 Å². The van der Waals surface area contributed by atoms with Gasteiger partial charge >= 0.3 is 0 Å². The molecular formula is C29H35N3O5S. The van der Waals surface area contributed by atoms with E-state index in [2.05, 4.69) is 5.32 Å². The predicted octanol–water partition coefficient (Wildman–Crippen LogP) is 4.23. The molecule has 9 heteroatoms. The van der Waals surface area contributed by atoms with E-state index in [1.54, 1.807) is 31.2 Å². The molecule has 0 aliphatic carbocycles. The van der Waals surface area contributed by atoms with Crippen LogP contribution < -0.4 is 14.4 Å². The number of nitrogens with one attached hydrogen (secondary N) is 1. The molecular weight excluding hydrogens is 502 g/mol. The zero-order valence-corrected chi connectivity index (χ0v) is 22.9. The van der Waals surface area contributed by atoms with Crippen molar-refractivity contribution in [2.45, 2.75) is 32.7 Å². The lowest BCUT2D eigenvalue weighted by atomic mass is 10.1. The molecule has 0 heterocycles. The fraction of sp³-hybridized carbons (Fsp3) is 0.310. The summed E-state index contributed by atoms with van der Waals surface area (Å²) < 4.78 is 32.3. The largest absolute Gasteiger partial charge is 0.457 e. The Morgan fingerprint density at radius 1 is 0.895 bits per heavy atom. The summed E-state index contributed by atoms with van der Waals surface area (Å²) in [6.45, 7) is 3.94. The van der Waals surface area contributed by atoms with E-state index in [1.807, 2.05) is 67.6 Å². The summed E-state index contributed by atoms with van der Waals surface area (Å²) >= 11 is 0. The van der Waals surface area contributed by atoms with E-state index < -0.39 is 28.5 Å². The highest BCUT2D eigenvalue weighted by atomic mass is 32.2. The molecule has 0 fully saturated rings. The molecule has 0 bridgehead atoms. The van der Waals surface area contributed by atoms with Crippen molar-refractivity contribution in [1.82, 2.24) is 10.2 Å². The second kappa shape index (κ2) is 13.6. The van der Waals surface area contributed by atoms with Gasteiger partial charge in [-0.05, 0) is 61.7 Å². The SMILES string of the molecule is CCCNC(=O)C(C)N(CCc1ccccc1)C(=O)CN(c1ccc(Oc2ccccc2)cc1)S(C)(=O)=O. The minimum atomic E-state index is -3.80. The number of ether oxygens (including phenoxy) is 1. The van der Waals surface area contributed by atoms with Gasteiger partial charge in [-0.1, -0.05) is 55.5 Å². The first-order valence-corrected chi connectivity index (χ1v) is 14.5. The molecule has 0 aliphatic heterocycles. The molecule has 1 N–H and O–H groups in total. The number of nitrogens with zero attached hydrogens (tertiary/aromatic N) is 2. The van der Waals surface area contributed by atoms with Crippen molar-refractivity contribution in [2.75, 3.05) is 30.2 Å². The van der Waals surface area contributed by atoms with E-state index in [1.165, 1.54) is 4.90 Å². The number of sulfonamides is 1. The number of carbonyl (C=O) groups is 2. The third-order valence-electron chi connectivity index (χ3n) is 5.98. The lowest BCUT2D eigenvalue weighted by Crippen LogP contribution is -2.52. The molecule has 8 nitrogen and oxygen atoms in total. The van der Waals surface area contributed by atoms with Gasteiger partial charge in [-0.2, -0.15) is 0 Å². The minimum Gasteiger partial charge on any atom is -0.457 e. The first-order chi connectivity index (χ1) is 18.2. The van der Waals surface area contributed by atoms with Crippen LogP contribution in [0.5, 0.6) is 11.5 Å². The van der Waals surface area contributed by atoms with E-state index in [9.17, 15) is 18.0 Å². The summed E-state index contributed by atoms with van der Waals surface area (Å²) in [4.78, 5) is 27.7. The van der Waals surface area contributed by atoms with Crippen LogP contribution in [0.4, 0.5) is 5.69 Å². The number of carbonyl (C=O) groups excluding carboxylic acids is 2. The molecule has 0 aliphatic rings. The third kappa shape index (κ3) is 8.34. The summed E-state index contributed by atoms with van der Waals surface area (Å²) in [6, 6.07) is 24.6. The third-order valence-corrected chi connectivity index (χ3v) is 7.12. The molecule has 202 valence electrons. The standard InChI is InChI=1S/C29H35N3O5S/c1-4-20-30-29(34)23(2)31(21-19-24-11-7-5-8-12-24)28(33)22-32(38(3,35)36)25-15-17-27(18-16-25)37-26-13-9-6-10-14-26/h5-18,23H,4,19-22H2,1-3H3,(H,30,34). The normalized spacial score (nSPS) is 11.9. The van der Waals surface area contributed by atoms with Gasteiger partial charge in [0.1, 0.15) is 24.1 Å². The van der Waals surface area contributed by atoms with E-state index in [4.69, 9.17) is 4.74 Å². The van der Waals surface area contributed by atoms with Crippen LogP contribution >= 0.6 is 0 Å².